The standard InChI is InChI=1S/C2H2O2S2.K.H/c3-1(5)2(4)6;;/h(H,3,5)(H,4,6);;. The molecule has 2 nitrogen and oxygen atoms in total. The van der Waals surface area contributed by atoms with Crippen molar-refractivity contribution in [1.29, 1.82) is 0 Å². The molecule has 0 aromatic heterocycles. The van der Waals surface area contributed by atoms with Gasteiger partial charge in [0.2, 0.25) is 0 Å². The van der Waals surface area contributed by atoms with Crippen LogP contribution in [0.3, 0.4) is 0 Å². The molecule has 0 aromatic rings. The molecule has 0 N–H and O–H groups in total. The zero-order valence-corrected chi connectivity index (χ0v) is 4.50. The van der Waals surface area contributed by atoms with E-state index in [0.29, 0.717) is 0 Å². The van der Waals surface area contributed by atoms with E-state index in [1.54, 1.807) is 0 Å². The van der Waals surface area contributed by atoms with Gasteiger partial charge in [-0.3, -0.25) is 9.59 Å². The van der Waals surface area contributed by atoms with Gasteiger partial charge < -0.3 is 0 Å². The summed E-state index contributed by atoms with van der Waals surface area (Å²) in [7, 11) is 0. The quantitative estimate of drug-likeness (QED) is 0.302. The SMILES string of the molecule is O=C(S)C(=O)S.[KH]. The van der Waals surface area contributed by atoms with Gasteiger partial charge in [0.25, 0.3) is 10.2 Å². The van der Waals surface area contributed by atoms with E-state index in [0.717, 1.165) is 0 Å². The van der Waals surface area contributed by atoms with Crippen LogP contribution in [0.5, 0.6) is 0 Å². The van der Waals surface area contributed by atoms with Gasteiger partial charge in [-0.15, -0.1) is 0 Å². The van der Waals surface area contributed by atoms with Crippen LogP contribution in [0.15, 0.2) is 0 Å². The van der Waals surface area contributed by atoms with Gasteiger partial charge >= 0.3 is 51.4 Å². The Morgan fingerprint density at radius 2 is 1.14 bits per heavy atom. The molecule has 0 spiro atoms. The molecule has 0 fully saturated rings. The van der Waals surface area contributed by atoms with Gasteiger partial charge in [-0.25, -0.2) is 0 Å². The third-order valence-corrected chi connectivity index (χ3v) is 0.766. The van der Waals surface area contributed by atoms with Crippen LogP contribution in [-0.4, -0.2) is 61.6 Å². The van der Waals surface area contributed by atoms with E-state index in [1.165, 1.54) is 0 Å². The van der Waals surface area contributed by atoms with Crippen molar-refractivity contribution in [2.45, 2.75) is 0 Å². The second-order valence-corrected chi connectivity index (χ2v) is 1.42. The van der Waals surface area contributed by atoms with Crippen molar-refractivity contribution in [1.82, 2.24) is 0 Å². The summed E-state index contributed by atoms with van der Waals surface area (Å²) in [6.45, 7) is 0. The van der Waals surface area contributed by atoms with E-state index in [1.807, 2.05) is 0 Å². The van der Waals surface area contributed by atoms with Gasteiger partial charge in [-0.1, -0.05) is 25.3 Å². The average molecular weight is 162 g/mol. The summed E-state index contributed by atoms with van der Waals surface area (Å²) in [5.74, 6) is 0. The van der Waals surface area contributed by atoms with Gasteiger partial charge in [0.05, 0.1) is 0 Å². The van der Waals surface area contributed by atoms with Gasteiger partial charge in [-0.2, -0.15) is 0 Å². The molecule has 0 unspecified atom stereocenters. The minimum atomic E-state index is -0.821. The third kappa shape index (κ3) is 7.68. The molecular formula is C2H3KO2S2. The normalized spacial score (nSPS) is 6.57. The zero-order chi connectivity index (χ0) is 5.15. The van der Waals surface area contributed by atoms with E-state index in [4.69, 9.17) is 0 Å². The Labute approximate surface area is 94.7 Å². The molecule has 36 valence electrons. The van der Waals surface area contributed by atoms with Crippen molar-refractivity contribution in [3.05, 3.63) is 0 Å². The Kier molecular flexibility index (Phi) is 9.51. The van der Waals surface area contributed by atoms with Crippen LogP contribution in [0.1, 0.15) is 0 Å². The number of rotatable bonds is 1. The van der Waals surface area contributed by atoms with E-state index in [9.17, 15) is 9.59 Å². The molecule has 0 amide bonds. The maximum absolute atomic E-state index is 9.58. The van der Waals surface area contributed by atoms with Crippen molar-refractivity contribution < 1.29 is 9.59 Å². The molecule has 0 heterocycles. The number of carbonyl (C=O) groups is 2. The topological polar surface area (TPSA) is 34.1 Å². The Morgan fingerprint density at radius 3 is 1.14 bits per heavy atom. The van der Waals surface area contributed by atoms with Crippen molar-refractivity contribution >= 4 is 86.9 Å². The fourth-order valence-corrected chi connectivity index (χ4v) is 0. The van der Waals surface area contributed by atoms with Crippen LogP contribution < -0.4 is 0 Å². The molecule has 0 aliphatic rings. The van der Waals surface area contributed by atoms with Gasteiger partial charge in [-0.05, 0) is 0 Å². The number of hydrogen-bond acceptors (Lipinski definition) is 2. The van der Waals surface area contributed by atoms with Crippen molar-refractivity contribution in [3.8, 4) is 0 Å². The Balaban J connectivity index is 0. The van der Waals surface area contributed by atoms with Crippen molar-refractivity contribution in [2.75, 3.05) is 0 Å². The summed E-state index contributed by atoms with van der Waals surface area (Å²) in [4.78, 5) is 19.2. The predicted octanol–water partition coefficient (Wildman–Crippen LogP) is -0.749. The summed E-state index contributed by atoms with van der Waals surface area (Å²) >= 11 is 6.26. The fourth-order valence-electron chi connectivity index (χ4n) is 0. The molecule has 0 aliphatic heterocycles. The first-order valence-corrected chi connectivity index (χ1v) is 2.00. The zero-order valence-electron chi connectivity index (χ0n) is 2.71. The molecule has 0 radical (unpaired) electrons. The van der Waals surface area contributed by atoms with E-state index < -0.39 is 10.2 Å². The first-order chi connectivity index (χ1) is 2.64. The summed E-state index contributed by atoms with van der Waals surface area (Å²) in [6.07, 6.45) is 0. The molecule has 0 saturated carbocycles. The molecule has 0 rings (SSSR count). The van der Waals surface area contributed by atoms with Crippen LogP contribution in [0, 0.1) is 0 Å². The van der Waals surface area contributed by atoms with Crippen molar-refractivity contribution in [2.24, 2.45) is 0 Å². The van der Waals surface area contributed by atoms with Gasteiger partial charge in [0.15, 0.2) is 0 Å². The first kappa shape index (κ1) is 11.5. The molecular weight excluding hydrogens is 159 g/mol. The number of thiol groups is 2. The molecule has 0 atom stereocenters. The average Bonchev–Trinajstić information content (AvgIpc) is 1.36. The van der Waals surface area contributed by atoms with Crippen LogP contribution in [0.4, 0.5) is 0 Å². The molecule has 0 aliphatic carbocycles. The number of hydrogen-bond donors (Lipinski definition) is 2. The van der Waals surface area contributed by atoms with E-state index in [-0.39, 0.29) is 51.4 Å². The molecule has 0 bridgehead atoms. The molecule has 5 heteroatoms. The summed E-state index contributed by atoms with van der Waals surface area (Å²) in [6, 6.07) is 0. The monoisotopic (exact) mass is 162 g/mol. The first-order valence-electron chi connectivity index (χ1n) is 1.11. The third-order valence-electron chi connectivity index (χ3n) is 0.183. The van der Waals surface area contributed by atoms with Gasteiger partial charge in [0, 0.05) is 0 Å². The van der Waals surface area contributed by atoms with Crippen molar-refractivity contribution in [3.63, 3.8) is 0 Å². The molecule has 0 aromatic carbocycles. The fraction of sp³-hybridized carbons (Fsp3) is 0. The summed E-state index contributed by atoms with van der Waals surface area (Å²) in [5.41, 5.74) is 0. The number of carbonyl (C=O) groups excluding carboxylic acids is 2. The van der Waals surface area contributed by atoms with Gasteiger partial charge in [0.1, 0.15) is 0 Å². The van der Waals surface area contributed by atoms with Crippen LogP contribution in [-0.2, 0) is 9.59 Å². The second-order valence-electron chi connectivity index (χ2n) is 0.610. The minimum absolute atomic E-state index is 0. The van der Waals surface area contributed by atoms with Crippen LogP contribution >= 0.6 is 25.3 Å². The van der Waals surface area contributed by atoms with E-state index >= 15 is 0 Å². The summed E-state index contributed by atoms with van der Waals surface area (Å²) in [5, 5.41) is -1.64. The predicted molar refractivity (Wildman–Crippen MR) is 35.1 cm³/mol. The molecule has 7 heavy (non-hydrogen) atoms. The summed E-state index contributed by atoms with van der Waals surface area (Å²) < 4.78 is 0. The molecule has 0 saturated heterocycles. The Hall–Kier alpha value is 1.68. The second kappa shape index (κ2) is 5.81. The van der Waals surface area contributed by atoms with Crippen LogP contribution in [0.2, 0.25) is 0 Å². The Bertz CT molecular complexity index is 79.7. The Morgan fingerprint density at radius 1 is 1.00 bits per heavy atom. The maximum atomic E-state index is 9.58. The van der Waals surface area contributed by atoms with E-state index in [2.05, 4.69) is 25.3 Å². The van der Waals surface area contributed by atoms with Crippen LogP contribution in [0.25, 0.3) is 0 Å².